The van der Waals surface area contributed by atoms with E-state index in [4.69, 9.17) is 0 Å². The Bertz CT molecular complexity index is 603. The molecule has 0 saturated carbocycles. The fourth-order valence-corrected chi connectivity index (χ4v) is 1.98. The van der Waals surface area contributed by atoms with E-state index < -0.39 is 11.7 Å². The van der Waals surface area contributed by atoms with Gasteiger partial charge in [0.2, 0.25) is 6.41 Å². The molecule has 0 N–H and O–H groups in total. The molecule has 0 atom stereocenters. The highest BCUT2D eigenvalue weighted by Gasteiger charge is 2.29. The van der Waals surface area contributed by atoms with Crippen LogP contribution in [0.1, 0.15) is 11.1 Å². The molecule has 0 unspecified atom stereocenters. The maximum absolute atomic E-state index is 12.5. The molecule has 0 aliphatic rings. The number of carbonyl (C=O) groups excluding carboxylic acids is 1. The Morgan fingerprint density at radius 1 is 0.952 bits per heavy atom. The van der Waals surface area contributed by atoms with Crippen LogP contribution in [0, 0.1) is 0 Å². The van der Waals surface area contributed by atoms with Gasteiger partial charge in [0.05, 0.1) is 5.56 Å². The van der Waals surface area contributed by atoms with Crippen molar-refractivity contribution in [2.45, 2.75) is 12.7 Å². The molecule has 2 aromatic carbocycles. The second kappa shape index (κ2) is 5.99. The zero-order valence-electron chi connectivity index (χ0n) is 11.4. The lowest BCUT2D eigenvalue weighted by Gasteiger charge is -2.11. The first-order valence-corrected chi connectivity index (χ1v) is 6.32. The summed E-state index contributed by atoms with van der Waals surface area (Å²) in [6, 6.07) is 12.4. The highest BCUT2D eigenvalue weighted by molar-refractivity contribution is 5.64. The van der Waals surface area contributed by atoms with Gasteiger partial charge in [0.1, 0.15) is 0 Å². The average molecular weight is 293 g/mol. The zero-order valence-corrected chi connectivity index (χ0v) is 11.4. The standard InChI is InChI=1S/C16H14F3NO/c1-20(11-21)10-12-2-4-13(5-3-12)14-6-8-15(9-7-14)16(17,18)19/h2-9,11H,10H2,1H3. The van der Waals surface area contributed by atoms with Crippen molar-refractivity contribution in [2.75, 3.05) is 7.05 Å². The summed E-state index contributed by atoms with van der Waals surface area (Å²) in [7, 11) is 1.68. The van der Waals surface area contributed by atoms with Crippen LogP contribution < -0.4 is 0 Å². The van der Waals surface area contributed by atoms with Crippen LogP contribution in [0.15, 0.2) is 48.5 Å². The zero-order chi connectivity index (χ0) is 15.5. The molecule has 5 heteroatoms. The van der Waals surface area contributed by atoms with Crippen molar-refractivity contribution in [3.05, 3.63) is 59.7 Å². The summed E-state index contributed by atoms with van der Waals surface area (Å²) in [4.78, 5) is 12.1. The largest absolute Gasteiger partial charge is 0.416 e. The van der Waals surface area contributed by atoms with E-state index in [2.05, 4.69) is 0 Å². The van der Waals surface area contributed by atoms with Gasteiger partial charge < -0.3 is 4.90 Å². The lowest BCUT2D eigenvalue weighted by molar-refractivity contribution is -0.137. The minimum atomic E-state index is -4.32. The van der Waals surface area contributed by atoms with Crippen molar-refractivity contribution < 1.29 is 18.0 Å². The van der Waals surface area contributed by atoms with Crippen molar-refractivity contribution >= 4 is 6.41 Å². The highest BCUT2D eigenvalue weighted by atomic mass is 19.4. The van der Waals surface area contributed by atoms with Crippen LogP contribution in [-0.4, -0.2) is 18.4 Å². The average Bonchev–Trinajstić information content (AvgIpc) is 2.47. The molecule has 0 aliphatic carbocycles. The van der Waals surface area contributed by atoms with Gasteiger partial charge in [-0.05, 0) is 28.8 Å². The number of amides is 1. The summed E-state index contributed by atoms with van der Waals surface area (Å²) in [5, 5.41) is 0. The van der Waals surface area contributed by atoms with Crippen LogP contribution >= 0.6 is 0 Å². The van der Waals surface area contributed by atoms with Gasteiger partial charge in [-0.1, -0.05) is 36.4 Å². The number of halogens is 3. The highest BCUT2D eigenvalue weighted by Crippen LogP contribution is 2.31. The SMILES string of the molecule is CN(C=O)Cc1ccc(-c2ccc(C(F)(F)F)cc2)cc1. The van der Waals surface area contributed by atoms with Crippen LogP contribution in [0.4, 0.5) is 13.2 Å². The number of hydrogen-bond acceptors (Lipinski definition) is 1. The maximum atomic E-state index is 12.5. The summed E-state index contributed by atoms with van der Waals surface area (Å²) < 4.78 is 37.5. The van der Waals surface area contributed by atoms with E-state index in [1.165, 1.54) is 17.0 Å². The van der Waals surface area contributed by atoms with Gasteiger partial charge in [-0.15, -0.1) is 0 Å². The Hall–Kier alpha value is -2.30. The minimum Gasteiger partial charge on any atom is -0.344 e. The first kappa shape index (κ1) is 15.1. The van der Waals surface area contributed by atoms with Gasteiger partial charge in [-0.2, -0.15) is 13.2 Å². The van der Waals surface area contributed by atoms with E-state index in [9.17, 15) is 18.0 Å². The summed E-state index contributed by atoms with van der Waals surface area (Å²) in [5.41, 5.74) is 1.86. The molecule has 2 rings (SSSR count). The van der Waals surface area contributed by atoms with Gasteiger partial charge in [0.25, 0.3) is 0 Å². The lowest BCUT2D eigenvalue weighted by Crippen LogP contribution is -2.14. The van der Waals surface area contributed by atoms with E-state index in [0.29, 0.717) is 6.54 Å². The fraction of sp³-hybridized carbons (Fsp3) is 0.188. The Morgan fingerprint density at radius 2 is 1.43 bits per heavy atom. The third-order valence-electron chi connectivity index (χ3n) is 3.11. The van der Waals surface area contributed by atoms with E-state index in [-0.39, 0.29) is 0 Å². The molecule has 0 heterocycles. The molecule has 2 nitrogen and oxygen atoms in total. The predicted molar refractivity (Wildman–Crippen MR) is 74.4 cm³/mol. The molecular formula is C16H14F3NO. The normalized spacial score (nSPS) is 11.2. The molecule has 1 amide bonds. The van der Waals surface area contributed by atoms with Crippen LogP contribution in [-0.2, 0) is 17.5 Å². The summed E-state index contributed by atoms with van der Waals surface area (Å²) in [6.07, 6.45) is -3.58. The van der Waals surface area contributed by atoms with Crippen molar-refractivity contribution in [1.29, 1.82) is 0 Å². The van der Waals surface area contributed by atoms with Gasteiger partial charge in [-0.3, -0.25) is 4.79 Å². The van der Waals surface area contributed by atoms with Crippen LogP contribution in [0.2, 0.25) is 0 Å². The van der Waals surface area contributed by atoms with E-state index in [1.807, 2.05) is 24.3 Å². The molecule has 2 aromatic rings. The number of carbonyl (C=O) groups is 1. The van der Waals surface area contributed by atoms with Crippen molar-refractivity contribution in [2.24, 2.45) is 0 Å². The third kappa shape index (κ3) is 3.84. The second-order valence-corrected chi connectivity index (χ2v) is 4.79. The lowest BCUT2D eigenvalue weighted by atomic mass is 10.0. The molecule has 0 bridgehead atoms. The first-order chi connectivity index (χ1) is 9.90. The Balaban J connectivity index is 2.17. The van der Waals surface area contributed by atoms with Gasteiger partial charge in [-0.25, -0.2) is 0 Å². The third-order valence-corrected chi connectivity index (χ3v) is 3.11. The minimum absolute atomic E-state index is 0.497. The maximum Gasteiger partial charge on any atom is 0.416 e. The molecule has 0 aromatic heterocycles. The smallest absolute Gasteiger partial charge is 0.344 e. The van der Waals surface area contributed by atoms with Crippen LogP contribution in [0.5, 0.6) is 0 Å². The fourth-order valence-electron chi connectivity index (χ4n) is 1.98. The molecule has 110 valence electrons. The van der Waals surface area contributed by atoms with Crippen molar-refractivity contribution in [3.8, 4) is 11.1 Å². The summed E-state index contributed by atoms with van der Waals surface area (Å²) in [5.74, 6) is 0. The van der Waals surface area contributed by atoms with E-state index in [1.54, 1.807) is 7.05 Å². The number of benzene rings is 2. The predicted octanol–water partition coefficient (Wildman–Crippen LogP) is 3.96. The number of rotatable bonds is 4. The Labute approximate surface area is 120 Å². The Kier molecular flexibility index (Phi) is 4.31. The number of hydrogen-bond donors (Lipinski definition) is 0. The first-order valence-electron chi connectivity index (χ1n) is 6.32. The summed E-state index contributed by atoms with van der Waals surface area (Å²) >= 11 is 0. The van der Waals surface area contributed by atoms with Crippen LogP contribution in [0.3, 0.4) is 0 Å². The Morgan fingerprint density at radius 3 is 1.86 bits per heavy atom. The quantitative estimate of drug-likeness (QED) is 0.781. The van der Waals surface area contributed by atoms with Crippen molar-refractivity contribution in [1.82, 2.24) is 4.90 Å². The van der Waals surface area contributed by atoms with Crippen LogP contribution in [0.25, 0.3) is 11.1 Å². The van der Waals surface area contributed by atoms with Gasteiger partial charge in [0.15, 0.2) is 0 Å². The van der Waals surface area contributed by atoms with E-state index >= 15 is 0 Å². The topological polar surface area (TPSA) is 20.3 Å². The second-order valence-electron chi connectivity index (χ2n) is 4.79. The molecular weight excluding hydrogens is 279 g/mol. The monoisotopic (exact) mass is 293 g/mol. The number of alkyl halides is 3. The van der Waals surface area contributed by atoms with Gasteiger partial charge in [0, 0.05) is 13.6 Å². The number of nitrogens with zero attached hydrogens (tertiary/aromatic N) is 1. The molecule has 0 spiro atoms. The molecule has 21 heavy (non-hydrogen) atoms. The summed E-state index contributed by atoms with van der Waals surface area (Å²) in [6.45, 7) is 0.497. The molecule has 0 radical (unpaired) electrons. The molecule has 0 aliphatic heterocycles. The van der Waals surface area contributed by atoms with E-state index in [0.717, 1.165) is 35.2 Å². The van der Waals surface area contributed by atoms with Crippen molar-refractivity contribution in [3.63, 3.8) is 0 Å². The van der Waals surface area contributed by atoms with Gasteiger partial charge >= 0.3 is 6.18 Å². The molecule has 0 saturated heterocycles. The molecule has 0 fully saturated rings.